The van der Waals surface area contributed by atoms with Gasteiger partial charge in [-0.25, -0.2) is 0 Å². The topological polar surface area (TPSA) is 58.1 Å². The Morgan fingerprint density at radius 1 is 1.30 bits per heavy atom. The van der Waals surface area contributed by atoms with E-state index in [1.165, 1.54) is 5.56 Å². The van der Waals surface area contributed by atoms with Crippen molar-refractivity contribution in [1.82, 2.24) is 19.8 Å². The van der Waals surface area contributed by atoms with E-state index in [4.69, 9.17) is 0 Å². The Hall–Kier alpha value is -1.79. The number of amides is 1. The Bertz CT molecular complexity index is 594. The summed E-state index contributed by atoms with van der Waals surface area (Å²) < 4.78 is 3.78. The van der Waals surface area contributed by atoms with Crippen LogP contribution in [-0.4, -0.2) is 34.5 Å². The van der Waals surface area contributed by atoms with Crippen LogP contribution in [-0.2, 0) is 13.1 Å². The van der Waals surface area contributed by atoms with Crippen LogP contribution in [0.4, 0.5) is 0 Å². The predicted octanol–water partition coefficient (Wildman–Crippen LogP) is 1.84. The summed E-state index contributed by atoms with van der Waals surface area (Å²) in [5, 5.41) is 6.78. The van der Waals surface area contributed by atoms with Crippen LogP contribution in [0.3, 0.4) is 0 Å². The molecular formula is C14H18N4OS. The number of nitrogens with one attached hydrogen (secondary N) is 1. The van der Waals surface area contributed by atoms with Crippen molar-refractivity contribution in [2.24, 2.45) is 0 Å². The van der Waals surface area contributed by atoms with Gasteiger partial charge in [-0.2, -0.15) is 0 Å². The van der Waals surface area contributed by atoms with Gasteiger partial charge in [-0.05, 0) is 43.7 Å². The van der Waals surface area contributed by atoms with Gasteiger partial charge in [0.15, 0.2) is 0 Å². The van der Waals surface area contributed by atoms with E-state index in [1.54, 1.807) is 6.92 Å². The molecule has 20 heavy (non-hydrogen) atoms. The number of benzene rings is 1. The van der Waals surface area contributed by atoms with Crippen LogP contribution in [0.5, 0.6) is 0 Å². The molecule has 0 unspecified atom stereocenters. The predicted molar refractivity (Wildman–Crippen MR) is 79.6 cm³/mol. The number of aryl methyl sites for hydroxylation is 1. The molecule has 1 aromatic carbocycles. The summed E-state index contributed by atoms with van der Waals surface area (Å²) in [5.41, 5.74) is 3.02. The SMILES string of the molecule is Cc1nnsc1C(=O)NCc1ccccc1CN(C)C. The lowest BCUT2D eigenvalue weighted by atomic mass is 10.1. The Labute approximate surface area is 122 Å². The minimum absolute atomic E-state index is 0.114. The lowest BCUT2D eigenvalue weighted by Gasteiger charge is -2.14. The molecule has 106 valence electrons. The summed E-state index contributed by atoms with van der Waals surface area (Å²) in [6.07, 6.45) is 0. The number of nitrogens with zero attached hydrogens (tertiary/aromatic N) is 3. The van der Waals surface area contributed by atoms with Crippen molar-refractivity contribution < 1.29 is 4.79 Å². The van der Waals surface area contributed by atoms with Crippen LogP contribution in [0.15, 0.2) is 24.3 Å². The molecule has 1 N–H and O–H groups in total. The van der Waals surface area contributed by atoms with Gasteiger partial charge in [0.05, 0.1) is 5.69 Å². The average Bonchev–Trinajstić information content (AvgIpc) is 2.83. The van der Waals surface area contributed by atoms with Crippen LogP contribution in [0, 0.1) is 6.92 Å². The first kappa shape index (κ1) is 14.6. The maximum Gasteiger partial charge on any atom is 0.265 e. The highest BCUT2D eigenvalue weighted by Crippen LogP contribution is 2.12. The molecule has 0 aliphatic rings. The van der Waals surface area contributed by atoms with Gasteiger partial charge >= 0.3 is 0 Å². The largest absolute Gasteiger partial charge is 0.347 e. The van der Waals surface area contributed by atoms with Crippen molar-refractivity contribution >= 4 is 17.4 Å². The molecule has 1 heterocycles. The molecule has 0 bridgehead atoms. The van der Waals surface area contributed by atoms with E-state index in [1.807, 2.05) is 32.3 Å². The third kappa shape index (κ3) is 3.61. The smallest absolute Gasteiger partial charge is 0.265 e. The van der Waals surface area contributed by atoms with Gasteiger partial charge in [-0.3, -0.25) is 4.79 Å². The van der Waals surface area contributed by atoms with Crippen molar-refractivity contribution in [2.75, 3.05) is 14.1 Å². The maximum atomic E-state index is 12.0. The summed E-state index contributed by atoms with van der Waals surface area (Å²) >= 11 is 1.13. The number of aromatic nitrogens is 2. The van der Waals surface area contributed by atoms with E-state index >= 15 is 0 Å². The summed E-state index contributed by atoms with van der Waals surface area (Å²) in [6.45, 7) is 3.16. The van der Waals surface area contributed by atoms with E-state index in [0.29, 0.717) is 17.1 Å². The highest BCUT2D eigenvalue weighted by atomic mass is 32.1. The lowest BCUT2D eigenvalue weighted by Crippen LogP contribution is -2.24. The second-order valence-electron chi connectivity index (χ2n) is 4.88. The minimum atomic E-state index is -0.114. The van der Waals surface area contributed by atoms with Crippen LogP contribution in [0.2, 0.25) is 0 Å². The van der Waals surface area contributed by atoms with Gasteiger partial charge in [0.2, 0.25) is 0 Å². The Kier molecular flexibility index (Phi) is 4.81. The van der Waals surface area contributed by atoms with E-state index in [-0.39, 0.29) is 5.91 Å². The number of hydrogen-bond acceptors (Lipinski definition) is 5. The Morgan fingerprint density at radius 3 is 2.60 bits per heavy atom. The fourth-order valence-electron chi connectivity index (χ4n) is 1.92. The molecule has 0 saturated carbocycles. The van der Waals surface area contributed by atoms with Gasteiger partial charge in [-0.15, -0.1) is 5.10 Å². The molecule has 1 amide bonds. The second kappa shape index (κ2) is 6.58. The van der Waals surface area contributed by atoms with E-state index in [2.05, 4.69) is 25.9 Å². The first-order valence-electron chi connectivity index (χ1n) is 6.36. The Morgan fingerprint density at radius 2 is 2.00 bits per heavy atom. The van der Waals surface area contributed by atoms with E-state index in [9.17, 15) is 4.79 Å². The molecule has 0 aliphatic carbocycles. The fraction of sp³-hybridized carbons (Fsp3) is 0.357. The number of rotatable bonds is 5. The lowest BCUT2D eigenvalue weighted by molar-refractivity contribution is 0.0954. The van der Waals surface area contributed by atoms with Crippen molar-refractivity contribution in [2.45, 2.75) is 20.0 Å². The van der Waals surface area contributed by atoms with Crippen molar-refractivity contribution in [3.05, 3.63) is 46.0 Å². The zero-order chi connectivity index (χ0) is 14.5. The molecule has 2 aromatic rings. The molecule has 1 aromatic heterocycles. The molecule has 0 spiro atoms. The van der Waals surface area contributed by atoms with Gasteiger partial charge in [-0.1, -0.05) is 28.8 Å². The molecule has 6 heteroatoms. The van der Waals surface area contributed by atoms with Crippen molar-refractivity contribution in [3.63, 3.8) is 0 Å². The standard InChI is InChI=1S/C14H18N4OS/c1-10-13(20-17-16-10)14(19)15-8-11-6-4-5-7-12(11)9-18(2)3/h4-7H,8-9H2,1-3H3,(H,15,19). The highest BCUT2D eigenvalue weighted by Gasteiger charge is 2.13. The molecular weight excluding hydrogens is 272 g/mol. The second-order valence-corrected chi connectivity index (χ2v) is 5.63. The Balaban J connectivity index is 2.04. The van der Waals surface area contributed by atoms with Gasteiger partial charge in [0.1, 0.15) is 4.88 Å². The zero-order valence-corrected chi connectivity index (χ0v) is 12.7. The minimum Gasteiger partial charge on any atom is -0.347 e. The van der Waals surface area contributed by atoms with Crippen LogP contribution >= 0.6 is 11.5 Å². The summed E-state index contributed by atoms with van der Waals surface area (Å²) in [4.78, 5) is 14.7. The molecule has 0 saturated heterocycles. The maximum absolute atomic E-state index is 12.0. The highest BCUT2D eigenvalue weighted by molar-refractivity contribution is 7.07. The van der Waals surface area contributed by atoms with Crippen LogP contribution in [0.25, 0.3) is 0 Å². The van der Waals surface area contributed by atoms with Crippen LogP contribution in [0.1, 0.15) is 26.5 Å². The molecule has 0 aliphatic heterocycles. The summed E-state index contributed by atoms with van der Waals surface area (Å²) in [6, 6.07) is 8.12. The number of carbonyl (C=O) groups is 1. The first-order valence-corrected chi connectivity index (χ1v) is 7.14. The molecule has 5 nitrogen and oxygen atoms in total. The summed E-state index contributed by atoms with van der Waals surface area (Å²) in [7, 11) is 4.06. The molecule has 0 fully saturated rings. The zero-order valence-electron chi connectivity index (χ0n) is 11.9. The van der Waals surface area contributed by atoms with Crippen molar-refractivity contribution in [1.29, 1.82) is 0 Å². The van der Waals surface area contributed by atoms with Gasteiger partial charge < -0.3 is 10.2 Å². The normalized spacial score (nSPS) is 10.8. The first-order chi connectivity index (χ1) is 9.58. The van der Waals surface area contributed by atoms with E-state index in [0.717, 1.165) is 23.6 Å². The monoisotopic (exact) mass is 290 g/mol. The average molecular weight is 290 g/mol. The van der Waals surface area contributed by atoms with E-state index < -0.39 is 0 Å². The van der Waals surface area contributed by atoms with Gasteiger partial charge in [0, 0.05) is 13.1 Å². The third-order valence-electron chi connectivity index (χ3n) is 2.90. The molecule has 2 rings (SSSR count). The van der Waals surface area contributed by atoms with Crippen molar-refractivity contribution in [3.8, 4) is 0 Å². The summed E-state index contributed by atoms with van der Waals surface area (Å²) in [5.74, 6) is -0.114. The third-order valence-corrected chi connectivity index (χ3v) is 3.73. The number of carbonyl (C=O) groups excluding carboxylic acids is 1. The van der Waals surface area contributed by atoms with Crippen LogP contribution < -0.4 is 5.32 Å². The number of hydrogen-bond donors (Lipinski definition) is 1. The fourth-order valence-corrected chi connectivity index (χ4v) is 2.49. The molecule has 0 radical (unpaired) electrons. The van der Waals surface area contributed by atoms with Gasteiger partial charge in [0.25, 0.3) is 5.91 Å². The molecule has 0 atom stereocenters. The quantitative estimate of drug-likeness (QED) is 0.913.